The fraction of sp³-hybridized carbons (Fsp3) is 0.800. The van der Waals surface area contributed by atoms with Gasteiger partial charge in [-0.05, 0) is 6.92 Å². The maximum atomic E-state index is 10.7. The highest BCUT2D eigenvalue weighted by Gasteiger charge is 2.50. The van der Waals surface area contributed by atoms with Crippen molar-refractivity contribution in [2.24, 2.45) is 0 Å². The van der Waals surface area contributed by atoms with Gasteiger partial charge in [-0.2, -0.15) is 0 Å². The van der Waals surface area contributed by atoms with Crippen LogP contribution < -0.4 is 0 Å². The van der Waals surface area contributed by atoms with E-state index in [0.29, 0.717) is 0 Å². The smallest absolute Gasteiger partial charge is 0.228 e. The van der Waals surface area contributed by atoms with Crippen molar-refractivity contribution < 1.29 is 15.0 Å². The van der Waals surface area contributed by atoms with Crippen molar-refractivity contribution in [3.63, 3.8) is 0 Å². The molecule has 1 atom stereocenters. The quantitative estimate of drug-likeness (QED) is 0.674. The number of rotatable bonds is 2. The molecule has 0 aromatic rings. The summed E-state index contributed by atoms with van der Waals surface area (Å²) in [6.07, 6.45) is 0. The molecule has 0 rings (SSSR count). The minimum Gasteiger partial charge on any atom is -0.393 e. The maximum absolute atomic E-state index is 10.7. The Morgan fingerprint density at radius 2 is 1.82 bits per heavy atom. The molecule has 0 fully saturated rings. The molecule has 0 heterocycles. The normalized spacial score (nSPS) is 17.6. The number of Topliss-reactive ketones (excluding diaryl/α,β-unsaturated/α-hetero) is 1. The second kappa shape index (κ2) is 3.46. The predicted octanol–water partition coefficient (Wildman–Crippen LogP) is 0.669. The highest BCUT2D eigenvalue weighted by Crippen LogP contribution is 2.38. The number of aliphatic hydroxyl groups is 2. The number of alkyl halides is 3. The van der Waals surface area contributed by atoms with Crippen molar-refractivity contribution in [3.8, 4) is 0 Å². The Hall–Kier alpha value is 0.460. The highest BCUT2D eigenvalue weighted by molar-refractivity contribution is 6.69. The fourth-order valence-electron chi connectivity index (χ4n) is 0.401. The minimum absolute atomic E-state index is 0.792. The Balaban J connectivity index is 4.75. The van der Waals surface area contributed by atoms with E-state index in [9.17, 15) is 9.90 Å². The van der Waals surface area contributed by atoms with Crippen molar-refractivity contribution >= 4 is 40.6 Å². The molecule has 0 spiro atoms. The van der Waals surface area contributed by atoms with Crippen LogP contribution in [0.3, 0.4) is 0 Å². The van der Waals surface area contributed by atoms with Crippen LogP contribution in [0.25, 0.3) is 0 Å². The van der Waals surface area contributed by atoms with Crippen molar-refractivity contribution in [2.75, 3.05) is 6.61 Å². The van der Waals surface area contributed by atoms with Crippen LogP contribution in [0, 0.1) is 0 Å². The van der Waals surface area contributed by atoms with Crippen LogP contribution in [0.1, 0.15) is 6.92 Å². The molecule has 66 valence electrons. The molecule has 0 saturated carbocycles. The lowest BCUT2D eigenvalue weighted by Crippen LogP contribution is -2.52. The molecule has 0 bridgehead atoms. The average molecular weight is 221 g/mol. The zero-order valence-corrected chi connectivity index (χ0v) is 7.91. The van der Waals surface area contributed by atoms with Gasteiger partial charge in [0.1, 0.15) is 0 Å². The number of aliphatic hydroxyl groups excluding tert-OH is 1. The molecule has 3 nitrogen and oxygen atoms in total. The van der Waals surface area contributed by atoms with Crippen LogP contribution in [0.15, 0.2) is 0 Å². The zero-order valence-electron chi connectivity index (χ0n) is 5.64. The van der Waals surface area contributed by atoms with Crippen molar-refractivity contribution in [1.29, 1.82) is 0 Å². The molecule has 0 saturated heterocycles. The number of halogens is 3. The largest absolute Gasteiger partial charge is 0.393 e. The van der Waals surface area contributed by atoms with Crippen molar-refractivity contribution in [2.45, 2.75) is 16.3 Å². The van der Waals surface area contributed by atoms with Crippen LogP contribution in [0.5, 0.6) is 0 Å². The van der Waals surface area contributed by atoms with E-state index in [1.54, 1.807) is 0 Å². The van der Waals surface area contributed by atoms with Gasteiger partial charge in [-0.3, -0.25) is 4.79 Å². The third-order valence-electron chi connectivity index (χ3n) is 1.28. The summed E-state index contributed by atoms with van der Waals surface area (Å²) in [6, 6.07) is 0. The van der Waals surface area contributed by atoms with Gasteiger partial charge in [-0.25, -0.2) is 0 Å². The second-order valence-electron chi connectivity index (χ2n) is 2.07. The summed E-state index contributed by atoms with van der Waals surface area (Å²) in [5.74, 6) is -0.792. The maximum Gasteiger partial charge on any atom is 0.228 e. The molecule has 0 aliphatic heterocycles. The third kappa shape index (κ3) is 2.20. The van der Waals surface area contributed by atoms with Crippen LogP contribution >= 0.6 is 34.8 Å². The van der Waals surface area contributed by atoms with Crippen LogP contribution in [0.2, 0.25) is 0 Å². The standard InChI is InChI=1S/C5H7Cl3O3/c1-3(10)4(11,2-9)5(6,7)8/h9,11H,2H2,1H3. The lowest BCUT2D eigenvalue weighted by Gasteiger charge is -2.29. The lowest BCUT2D eigenvalue weighted by atomic mass is 10.0. The molecule has 2 N–H and O–H groups in total. The molecule has 6 heteroatoms. The number of hydrogen-bond donors (Lipinski definition) is 2. The molecule has 11 heavy (non-hydrogen) atoms. The zero-order chi connectivity index (χ0) is 9.28. The molecule has 1 unspecified atom stereocenters. The molecule has 0 radical (unpaired) electrons. The first-order valence-electron chi connectivity index (χ1n) is 2.66. The molecular formula is C5H7Cl3O3. The third-order valence-corrected chi connectivity index (χ3v) is 2.22. The monoisotopic (exact) mass is 220 g/mol. The first-order valence-corrected chi connectivity index (χ1v) is 3.80. The first kappa shape index (κ1) is 11.5. The van der Waals surface area contributed by atoms with Crippen molar-refractivity contribution in [1.82, 2.24) is 0 Å². The van der Waals surface area contributed by atoms with E-state index in [1.807, 2.05) is 0 Å². The van der Waals surface area contributed by atoms with Gasteiger partial charge in [-0.1, -0.05) is 34.8 Å². The van der Waals surface area contributed by atoms with E-state index in [4.69, 9.17) is 39.9 Å². The Labute approximate surface area is 78.9 Å². The summed E-state index contributed by atoms with van der Waals surface area (Å²) in [5.41, 5.74) is -2.31. The Morgan fingerprint density at radius 1 is 1.45 bits per heavy atom. The first-order chi connectivity index (χ1) is 4.75. The number of carbonyl (C=O) groups is 1. The Bertz CT molecular complexity index is 165. The predicted molar refractivity (Wildman–Crippen MR) is 43.0 cm³/mol. The van der Waals surface area contributed by atoms with E-state index in [-0.39, 0.29) is 0 Å². The van der Waals surface area contributed by atoms with Gasteiger partial charge in [0.2, 0.25) is 3.79 Å². The fourth-order valence-corrected chi connectivity index (χ4v) is 0.979. The van der Waals surface area contributed by atoms with E-state index in [0.717, 1.165) is 6.92 Å². The number of ketones is 1. The number of carbonyl (C=O) groups excluding carboxylic acids is 1. The summed E-state index contributed by atoms with van der Waals surface area (Å²) in [4.78, 5) is 10.7. The van der Waals surface area contributed by atoms with Gasteiger partial charge in [0, 0.05) is 0 Å². The van der Waals surface area contributed by atoms with Crippen LogP contribution in [-0.2, 0) is 4.79 Å². The highest BCUT2D eigenvalue weighted by atomic mass is 35.6. The van der Waals surface area contributed by atoms with Gasteiger partial charge in [0.05, 0.1) is 6.61 Å². The molecule has 0 amide bonds. The summed E-state index contributed by atoms with van der Waals surface area (Å²) in [6.45, 7) is 0.108. The van der Waals surface area contributed by atoms with Gasteiger partial charge >= 0.3 is 0 Å². The van der Waals surface area contributed by atoms with E-state index >= 15 is 0 Å². The summed E-state index contributed by atoms with van der Waals surface area (Å²) < 4.78 is -2.20. The second-order valence-corrected chi connectivity index (χ2v) is 4.35. The summed E-state index contributed by atoms with van der Waals surface area (Å²) in [5, 5.41) is 17.8. The van der Waals surface area contributed by atoms with Crippen LogP contribution in [-0.4, -0.2) is 32.0 Å². The molecule has 0 aromatic heterocycles. The van der Waals surface area contributed by atoms with Gasteiger partial charge in [0.25, 0.3) is 0 Å². The van der Waals surface area contributed by atoms with Gasteiger partial charge in [-0.15, -0.1) is 0 Å². The molecule has 0 aliphatic rings. The average Bonchev–Trinajstić information content (AvgIpc) is 1.83. The van der Waals surface area contributed by atoms with Gasteiger partial charge in [0.15, 0.2) is 11.4 Å². The van der Waals surface area contributed by atoms with Crippen molar-refractivity contribution in [3.05, 3.63) is 0 Å². The van der Waals surface area contributed by atoms with Gasteiger partial charge < -0.3 is 10.2 Å². The Kier molecular flexibility index (Phi) is 3.60. The summed E-state index contributed by atoms with van der Waals surface area (Å²) >= 11 is 15.7. The topological polar surface area (TPSA) is 57.5 Å². The van der Waals surface area contributed by atoms with Crippen LogP contribution in [0.4, 0.5) is 0 Å². The lowest BCUT2D eigenvalue weighted by molar-refractivity contribution is -0.138. The molecule has 0 aromatic carbocycles. The molecular weight excluding hydrogens is 214 g/mol. The Morgan fingerprint density at radius 3 is 1.82 bits per heavy atom. The number of hydrogen-bond acceptors (Lipinski definition) is 3. The molecule has 0 aliphatic carbocycles. The SMILES string of the molecule is CC(=O)C(O)(CO)C(Cl)(Cl)Cl. The van der Waals surface area contributed by atoms with E-state index in [1.165, 1.54) is 0 Å². The minimum atomic E-state index is -2.31. The van der Waals surface area contributed by atoms with E-state index in [2.05, 4.69) is 0 Å². The van der Waals surface area contributed by atoms with E-state index < -0.39 is 21.8 Å². The summed E-state index contributed by atoms with van der Waals surface area (Å²) in [7, 11) is 0.